The number of aromatic nitrogens is 1. The quantitative estimate of drug-likeness (QED) is 0.605. The van der Waals surface area contributed by atoms with E-state index < -0.39 is 5.91 Å². The first kappa shape index (κ1) is 6.54. The molecule has 1 aromatic heterocycles. The number of carbonyl (C=O) groups excluding carboxylic acids is 1. The van der Waals surface area contributed by atoms with Gasteiger partial charge < -0.3 is 5.73 Å². The molecule has 1 amide bonds. The Bertz CT molecular complexity index is 260. The Balaban J connectivity index is 3.07. The average Bonchev–Trinajstić information content (AvgIpc) is 1.88. The summed E-state index contributed by atoms with van der Waals surface area (Å²) in [5.41, 5.74) is 5.01. The molecule has 0 unspecified atom stereocenters. The number of amides is 1. The lowest BCUT2D eigenvalue weighted by atomic mass is 10.3. The summed E-state index contributed by atoms with van der Waals surface area (Å²) in [6.45, 7) is 0. The Morgan fingerprint density at radius 2 is 2.20 bits per heavy atom. The third-order valence-electron chi connectivity index (χ3n) is 0.998. The van der Waals surface area contributed by atoms with Gasteiger partial charge in [0.1, 0.15) is 0 Å². The summed E-state index contributed by atoms with van der Waals surface area (Å²) >= 11 is 0. The smallest absolute Gasteiger partial charge is 0.250 e. The zero-order valence-electron chi connectivity index (χ0n) is 5.07. The maximum Gasteiger partial charge on any atom is 0.250 e. The molecule has 1 aromatic rings. The van der Waals surface area contributed by atoms with E-state index in [0.29, 0.717) is 0 Å². The van der Waals surface area contributed by atoms with Crippen LogP contribution in [0.15, 0.2) is 18.5 Å². The molecule has 0 aliphatic carbocycles. The molecule has 0 saturated heterocycles. The normalized spacial score (nSPS) is 9.20. The van der Waals surface area contributed by atoms with Gasteiger partial charge in [-0.2, -0.15) is 0 Å². The number of primary amides is 1. The molecule has 0 aliphatic rings. The second kappa shape index (κ2) is 2.34. The summed E-state index contributed by atoms with van der Waals surface area (Å²) in [5.74, 6) is -0.943. The van der Waals surface area contributed by atoms with Gasteiger partial charge >= 0.3 is 0 Å². The van der Waals surface area contributed by atoms with Crippen LogP contribution in [0.2, 0.25) is 0 Å². The van der Waals surface area contributed by atoms with Gasteiger partial charge in [-0.25, -0.2) is 0 Å². The predicted molar refractivity (Wildman–Crippen MR) is 32.9 cm³/mol. The van der Waals surface area contributed by atoms with Crippen molar-refractivity contribution in [2.75, 3.05) is 0 Å². The van der Waals surface area contributed by atoms with Gasteiger partial charge in [-0.05, 0) is 0 Å². The second-order valence-electron chi connectivity index (χ2n) is 1.77. The summed E-state index contributed by atoms with van der Waals surface area (Å²) in [6.07, 6.45) is 2.37. The Hall–Kier alpha value is -1.58. The van der Waals surface area contributed by atoms with Crippen LogP contribution in [0.25, 0.3) is 0 Å². The highest BCUT2D eigenvalue weighted by Gasteiger charge is 2.00. The number of hydrogen-bond donors (Lipinski definition) is 1. The summed E-state index contributed by atoms with van der Waals surface area (Å²) in [4.78, 5) is 13.9. The molecule has 51 valence electrons. The Morgan fingerprint density at radius 1 is 1.50 bits per heavy atom. The molecule has 0 aliphatic heterocycles. The fraction of sp³-hybridized carbons (Fsp3) is 0. The summed E-state index contributed by atoms with van der Waals surface area (Å²) in [7, 11) is 0. The molecule has 0 fully saturated rings. The zero-order valence-corrected chi connectivity index (χ0v) is 5.07. The molecule has 4 nitrogen and oxygen atoms in total. The van der Waals surface area contributed by atoms with Crippen molar-refractivity contribution in [1.29, 1.82) is 0 Å². The molecule has 0 bridgehead atoms. The van der Waals surface area contributed by atoms with Crippen LogP contribution in [0.4, 0.5) is 0 Å². The molecule has 0 aromatic carbocycles. The van der Waals surface area contributed by atoms with E-state index in [-0.39, 0.29) is 11.3 Å². The standard InChI is InChI=1S/C6H5N2O2/c7-6(10)4-1-5(9)3-8-2-4/h1-3H,(H2,7,10). The van der Waals surface area contributed by atoms with Crippen LogP contribution in [0.3, 0.4) is 0 Å². The van der Waals surface area contributed by atoms with Crippen molar-refractivity contribution in [3.05, 3.63) is 24.0 Å². The number of carbonyl (C=O) groups is 1. The topological polar surface area (TPSA) is 75.9 Å². The van der Waals surface area contributed by atoms with Crippen LogP contribution < -0.4 is 5.73 Å². The van der Waals surface area contributed by atoms with Crippen molar-refractivity contribution in [1.82, 2.24) is 4.98 Å². The number of hydrogen-bond acceptors (Lipinski definition) is 2. The molecule has 0 atom stereocenters. The Labute approximate surface area is 57.3 Å². The van der Waals surface area contributed by atoms with Gasteiger partial charge in [0.05, 0.1) is 11.8 Å². The Morgan fingerprint density at radius 3 is 2.60 bits per heavy atom. The molecule has 2 N–H and O–H groups in total. The van der Waals surface area contributed by atoms with Crippen molar-refractivity contribution in [3.8, 4) is 5.75 Å². The third kappa shape index (κ3) is 1.22. The zero-order chi connectivity index (χ0) is 7.56. The van der Waals surface area contributed by atoms with E-state index in [9.17, 15) is 9.90 Å². The summed E-state index contributed by atoms with van der Waals surface area (Å²) < 4.78 is 0. The Kier molecular flexibility index (Phi) is 1.53. The van der Waals surface area contributed by atoms with Gasteiger partial charge in [-0.1, -0.05) is 0 Å². The lowest BCUT2D eigenvalue weighted by Crippen LogP contribution is -2.10. The fourth-order valence-electron chi connectivity index (χ4n) is 0.554. The maximum absolute atomic E-state index is 10.5. The monoisotopic (exact) mass is 137 g/mol. The number of pyridine rings is 1. The van der Waals surface area contributed by atoms with E-state index in [1.54, 1.807) is 0 Å². The van der Waals surface area contributed by atoms with E-state index >= 15 is 0 Å². The molecule has 1 radical (unpaired) electrons. The van der Waals surface area contributed by atoms with Gasteiger partial charge in [-0.15, -0.1) is 0 Å². The number of nitrogens with zero attached hydrogens (tertiary/aromatic N) is 1. The van der Waals surface area contributed by atoms with E-state index in [2.05, 4.69) is 4.98 Å². The van der Waals surface area contributed by atoms with Crippen LogP contribution in [-0.2, 0) is 5.11 Å². The molecule has 10 heavy (non-hydrogen) atoms. The second-order valence-corrected chi connectivity index (χ2v) is 1.77. The molecular weight excluding hydrogens is 132 g/mol. The molecule has 1 rings (SSSR count). The van der Waals surface area contributed by atoms with Crippen LogP contribution in [-0.4, -0.2) is 10.9 Å². The van der Waals surface area contributed by atoms with Gasteiger partial charge in [0, 0.05) is 12.3 Å². The van der Waals surface area contributed by atoms with Gasteiger partial charge in [-0.3, -0.25) is 14.9 Å². The van der Waals surface area contributed by atoms with E-state index in [1.165, 1.54) is 6.20 Å². The van der Waals surface area contributed by atoms with Crippen LogP contribution in [0, 0.1) is 0 Å². The van der Waals surface area contributed by atoms with Crippen molar-refractivity contribution in [3.63, 3.8) is 0 Å². The molecule has 0 saturated carbocycles. The van der Waals surface area contributed by atoms with Gasteiger partial charge in [0.2, 0.25) is 5.91 Å². The highest BCUT2D eigenvalue weighted by Crippen LogP contribution is 2.07. The lowest BCUT2D eigenvalue weighted by Gasteiger charge is -1.91. The van der Waals surface area contributed by atoms with Crippen LogP contribution >= 0.6 is 0 Å². The first-order valence-corrected chi connectivity index (χ1v) is 2.62. The van der Waals surface area contributed by atoms with Crippen molar-refractivity contribution < 1.29 is 9.90 Å². The number of nitrogens with two attached hydrogens (primary N) is 1. The highest BCUT2D eigenvalue weighted by molar-refractivity contribution is 5.92. The van der Waals surface area contributed by atoms with E-state index in [1.807, 2.05) is 0 Å². The van der Waals surface area contributed by atoms with Crippen molar-refractivity contribution >= 4 is 5.91 Å². The maximum atomic E-state index is 10.5. The van der Waals surface area contributed by atoms with Crippen molar-refractivity contribution in [2.45, 2.75) is 0 Å². The van der Waals surface area contributed by atoms with Crippen LogP contribution in [0.1, 0.15) is 10.4 Å². The van der Waals surface area contributed by atoms with Gasteiger partial charge in [0.25, 0.3) is 0 Å². The number of rotatable bonds is 1. The first-order valence-electron chi connectivity index (χ1n) is 2.62. The third-order valence-corrected chi connectivity index (χ3v) is 0.998. The average molecular weight is 137 g/mol. The highest BCUT2D eigenvalue weighted by atomic mass is 16.3. The fourth-order valence-corrected chi connectivity index (χ4v) is 0.554. The summed E-state index contributed by atoms with van der Waals surface area (Å²) in [6, 6.07) is 1.15. The van der Waals surface area contributed by atoms with E-state index in [0.717, 1.165) is 12.3 Å². The van der Waals surface area contributed by atoms with Crippen LogP contribution in [0.5, 0.6) is 5.75 Å². The summed E-state index contributed by atoms with van der Waals surface area (Å²) in [5, 5.41) is 10.5. The minimum atomic E-state index is -0.634. The lowest BCUT2D eigenvalue weighted by molar-refractivity contribution is 0.0999. The largest absolute Gasteiger partial charge is 0.366 e. The van der Waals surface area contributed by atoms with Crippen molar-refractivity contribution in [2.24, 2.45) is 5.73 Å². The molecule has 4 heteroatoms. The minimum absolute atomic E-state index is 0.146. The SMILES string of the molecule is NC(=O)c1cncc([O])c1. The first-order chi connectivity index (χ1) is 4.70. The molecule has 1 heterocycles. The minimum Gasteiger partial charge on any atom is -0.366 e. The van der Waals surface area contributed by atoms with Gasteiger partial charge in [0.15, 0.2) is 5.75 Å². The predicted octanol–water partition coefficient (Wildman–Crippen LogP) is 0.324. The molecule has 0 spiro atoms. The molecular formula is C6H5N2O2. The van der Waals surface area contributed by atoms with E-state index in [4.69, 9.17) is 5.73 Å².